The van der Waals surface area contributed by atoms with Crippen molar-refractivity contribution in [2.24, 2.45) is 11.7 Å². The van der Waals surface area contributed by atoms with Crippen LogP contribution >= 0.6 is 0 Å². The molecule has 88 valence electrons. The number of amides is 2. The van der Waals surface area contributed by atoms with Gasteiger partial charge in [-0.1, -0.05) is 0 Å². The van der Waals surface area contributed by atoms with Gasteiger partial charge in [0, 0.05) is 32.2 Å². The molecule has 1 fully saturated rings. The fourth-order valence-electron chi connectivity index (χ4n) is 2.08. The van der Waals surface area contributed by atoms with Gasteiger partial charge < -0.3 is 15.5 Å². The van der Waals surface area contributed by atoms with E-state index >= 15 is 0 Å². The van der Waals surface area contributed by atoms with Crippen molar-refractivity contribution in [1.82, 2.24) is 9.80 Å². The van der Waals surface area contributed by atoms with Gasteiger partial charge in [-0.05, 0) is 33.1 Å². The van der Waals surface area contributed by atoms with Gasteiger partial charge in [0.05, 0.1) is 0 Å². The molecule has 0 saturated carbocycles. The second kappa shape index (κ2) is 5.35. The van der Waals surface area contributed by atoms with Crippen LogP contribution in [0.4, 0.5) is 4.79 Å². The Balaban J connectivity index is 2.49. The van der Waals surface area contributed by atoms with E-state index in [1.807, 2.05) is 30.6 Å². The van der Waals surface area contributed by atoms with E-state index in [0.29, 0.717) is 5.92 Å². The van der Waals surface area contributed by atoms with Gasteiger partial charge in [-0.2, -0.15) is 0 Å². The minimum absolute atomic E-state index is 0.170. The van der Waals surface area contributed by atoms with Gasteiger partial charge in [-0.3, -0.25) is 0 Å². The summed E-state index contributed by atoms with van der Waals surface area (Å²) in [6.07, 6.45) is 1.05. The topological polar surface area (TPSA) is 49.6 Å². The zero-order valence-electron chi connectivity index (χ0n) is 10.1. The molecule has 4 heteroatoms. The van der Waals surface area contributed by atoms with Gasteiger partial charge in [-0.15, -0.1) is 0 Å². The van der Waals surface area contributed by atoms with E-state index in [1.54, 1.807) is 0 Å². The number of nitrogens with zero attached hydrogens (tertiary/aromatic N) is 2. The Labute approximate surface area is 92.4 Å². The summed E-state index contributed by atoms with van der Waals surface area (Å²) in [6.45, 7) is 9.31. The molecule has 1 heterocycles. The predicted molar refractivity (Wildman–Crippen MR) is 61.6 cm³/mol. The minimum atomic E-state index is 0.170. The highest BCUT2D eigenvalue weighted by atomic mass is 16.2. The average Bonchev–Trinajstić information content (AvgIpc) is 2.68. The summed E-state index contributed by atoms with van der Waals surface area (Å²) in [4.78, 5) is 15.8. The zero-order chi connectivity index (χ0) is 11.4. The van der Waals surface area contributed by atoms with Gasteiger partial charge in [0.2, 0.25) is 0 Å². The van der Waals surface area contributed by atoms with E-state index in [2.05, 4.69) is 0 Å². The average molecular weight is 213 g/mol. The van der Waals surface area contributed by atoms with Crippen LogP contribution in [0.1, 0.15) is 27.2 Å². The van der Waals surface area contributed by atoms with Gasteiger partial charge in [-0.25, -0.2) is 4.79 Å². The first-order chi connectivity index (χ1) is 7.10. The highest BCUT2D eigenvalue weighted by Gasteiger charge is 2.29. The Morgan fingerprint density at radius 3 is 2.53 bits per heavy atom. The molecule has 1 rings (SSSR count). The summed E-state index contributed by atoms with van der Waals surface area (Å²) >= 11 is 0. The summed E-state index contributed by atoms with van der Waals surface area (Å²) in [6, 6.07) is 0.364. The first-order valence-electron chi connectivity index (χ1n) is 5.89. The second-order valence-electron chi connectivity index (χ2n) is 4.31. The van der Waals surface area contributed by atoms with Crippen LogP contribution in [0.2, 0.25) is 0 Å². The van der Waals surface area contributed by atoms with Crippen LogP contribution in [-0.4, -0.2) is 48.1 Å². The predicted octanol–water partition coefficient (Wildman–Crippen LogP) is 1.12. The lowest BCUT2D eigenvalue weighted by atomic mass is 10.0. The van der Waals surface area contributed by atoms with Crippen molar-refractivity contribution in [1.29, 1.82) is 0 Å². The largest absolute Gasteiger partial charge is 0.328 e. The molecule has 0 aliphatic carbocycles. The highest BCUT2D eigenvalue weighted by Crippen LogP contribution is 2.19. The number of carbonyl (C=O) groups excluding carboxylic acids is 1. The molecule has 0 aromatic rings. The van der Waals surface area contributed by atoms with E-state index in [0.717, 1.165) is 32.6 Å². The Bertz CT molecular complexity index is 214. The van der Waals surface area contributed by atoms with Crippen LogP contribution in [0.3, 0.4) is 0 Å². The fraction of sp³-hybridized carbons (Fsp3) is 0.909. The summed E-state index contributed by atoms with van der Waals surface area (Å²) < 4.78 is 0. The molecule has 15 heavy (non-hydrogen) atoms. The Hall–Kier alpha value is -0.770. The van der Waals surface area contributed by atoms with Crippen LogP contribution in [0.5, 0.6) is 0 Å². The maximum Gasteiger partial charge on any atom is 0.319 e. The SMILES string of the molecule is CCN(CC)C(=O)N1CCC(C(C)N)C1. The third-order valence-electron chi connectivity index (χ3n) is 3.27. The second-order valence-corrected chi connectivity index (χ2v) is 4.31. The molecule has 1 aliphatic rings. The van der Waals surface area contributed by atoms with E-state index < -0.39 is 0 Å². The van der Waals surface area contributed by atoms with E-state index in [4.69, 9.17) is 5.73 Å². The molecule has 2 N–H and O–H groups in total. The summed E-state index contributed by atoms with van der Waals surface area (Å²) in [5.74, 6) is 0.476. The van der Waals surface area contributed by atoms with Crippen molar-refractivity contribution in [3.05, 3.63) is 0 Å². The Morgan fingerprint density at radius 1 is 1.53 bits per heavy atom. The number of hydrogen-bond donors (Lipinski definition) is 1. The summed E-state index contributed by atoms with van der Waals surface area (Å²) in [7, 11) is 0. The first-order valence-corrected chi connectivity index (χ1v) is 5.89. The van der Waals surface area contributed by atoms with Gasteiger partial charge in [0.25, 0.3) is 0 Å². The van der Waals surface area contributed by atoms with Crippen LogP contribution in [0.15, 0.2) is 0 Å². The molecule has 1 saturated heterocycles. The molecule has 2 unspecified atom stereocenters. The fourth-order valence-corrected chi connectivity index (χ4v) is 2.08. The van der Waals surface area contributed by atoms with Crippen molar-refractivity contribution in [3.8, 4) is 0 Å². The number of nitrogens with two attached hydrogens (primary N) is 1. The van der Waals surface area contributed by atoms with Crippen LogP contribution in [0, 0.1) is 5.92 Å². The maximum atomic E-state index is 12.0. The monoisotopic (exact) mass is 213 g/mol. The van der Waals surface area contributed by atoms with Gasteiger partial charge in [0.1, 0.15) is 0 Å². The first kappa shape index (κ1) is 12.3. The van der Waals surface area contributed by atoms with Gasteiger partial charge in [0.15, 0.2) is 0 Å². The summed E-state index contributed by atoms with van der Waals surface area (Å²) in [5.41, 5.74) is 5.85. The third kappa shape index (κ3) is 2.84. The maximum absolute atomic E-state index is 12.0. The van der Waals surface area contributed by atoms with Crippen molar-refractivity contribution in [3.63, 3.8) is 0 Å². The van der Waals surface area contributed by atoms with Gasteiger partial charge >= 0.3 is 6.03 Å². The zero-order valence-corrected chi connectivity index (χ0v) is 10.1. The molecule has 4 nitrogen and oxygen atoms in total. The molecule has 1 aliphatic heterocycles. The Kier molecular flexibility index (Phi) is 4.39. The standard InChI is InChI=1S/C11H23N3O/c1-4-13(5-2)11(15)14-7-6-10(8-14)9(3)12/h9-10H,4-8,12H2,1-3H3. The van der Waals surface area contributed by atoms with E-state index in [9.17, 15) is 4.79 Å². The van der Waals surface area contributed by atoms with Crippen molar-refractivity contribution in [2.45, 2.75) is 33.2 Å². The quantitative estimate of drug-likeness (QED) is 0.763. The number of rotatable bonds is 3. The molecule has 2 amide bonds. The lowest BCUT2D eigenvalue weighted by Gasteiger charge is -2.26. The minimum Gasteiger partial charge on any atom is -0.328 e. The van der Waals surface area contributed by atoms with E-state index in [-0.39, 0.29) is 12.1 Å². The van der Waals surface area contributed by atoms with Crippen LogP contribution in [0.25, 0.3) is 0 Å². The lowest BCUT2D eigenvalue weighted by molar-refractivity contribution is 0.165. The molecular weight excluding hydrogens is 190 g/mol. The molecule has 0 aromatic heterocycles. The number of hydrogen-bond acceptors (Lipinski definition) is 2. The molecule has 0 radical (unpaired) electrons. The lowest BCUT2D eigenvalue weighted by Crippen LogP contribution is -2.42. The highest BCUT2D eigenvalue weighted by molar-refractivity contribution is 5.74. The molecule has 0 spiro atoms. The number of likely N-dealkylation sites (tertiary alicyclic amines) is 1. The van der Waals surface area contributed by atoms with Crippen LogP contribution in [-0.2, 0) is 0 Å². The number of carbonyl (C=O) groups is 1. The van der Waals surface area contributed by atoms with Crippen molar-refractivity contribution in [2.75, 3.05) is 26.2 Å². The third-order valence-corrected chi connectivity index (χ3v) is 3.27. The molecule has 2 atom stereocenters. The van der Waals surface area contributed by atoms with Crippen molar-refractivity contribution >= 4 is 6.03 Å². The Morgan fingerprint density at radius 2 is 2.13 bits per heavy atom. The summed E-state index contributed by atoms with van der Waals surface area (Å²) in [5, 5.41) is 0. The normalized spacial score (nSPS) is 22.9. The van der Waals surface area contributed by atoms with Crippen LogP contribution < -0.4 is 5.73 Å². The smallest absolute Gasteiger partial charge is 0.319 e. The molecule has 0 aromatic carbocycles. The molecule has 0 bridgehead atoms. The molecular formula is C11H23N3O. The van der Waals surface area contributed by atoms with E-state index in [1.165, 1.54) is 0 Å². The number of urea groups is 1. The van der Waals surface area contributed by atoms with Crippen molar-refractivity contribution < 1.29 is 4.79 Å².